The molecule has 1 rings (SSSR count). The van der Waals surface area contributed by atoms with Crippen LogP contribution >= 0.6 is 0 Å². The highest BCUT2D eigenvalue weighted by atomic mass is 19.4. The van der Waals surface area contributed by atoms with Crippen LogP contribution in [0.1, 0.15) is 58.6 Å². The minimum absolute atomic E-state index is 0.0551. The number of carbonyl (C=O) groups excluding carboxylic acids is 1. The van der Waals surface area contributed by atoms with Crippen LogP contribution < -0.4 is 10.1 Å². The summed E-state index contributed by atoms with van der Waals surface area (Å²) in [7, 11) is 0. The Morgan fingerprint density at radius 2 is 1.91 bits per heavy atom. The van der Waals surface area contributed by atoms with Gasteiger partial charge in [-0.05, 0) is 36.0 Å². The molecule has 1 unspecified atom stereocenters. The predicted molar refractivity (Wildman–Crippen MR) is 83.0 cm³/mol. The molecule has 0 saturated heterocycles. The smallest absolute Gasteiger partial charge is 0.406 e. The Bertz CT molecular complexity index is 521. The van der Waals surface area contributed by atoms with Crippen molar-refractivity contribution in [2.75, 3.05) is 0 Å². The Morgan fingerprint density at radius 3 is 2.43 bits per heavy atom. The second-order valence-corrected chi connectivity index (χ2v) is 6.71. The van der Waals surface area contributed by atoms with E-state index in [1.165, 1.54) is 18.2 Å². The Kier molecular flexibility index (Phi) is 6.47. The third kappa shape index (κ3) is 7.90. The van der Waals surface area contributed by atoms with E-state index in [9.17, 15) is 18.0 Å². The third-order valence-electron chi connectivity index (χ3n) is 3.34. The van der Waals surface area contributed by atoms with Crippen molar-refractivity contribution < 1.29 is 22.7 Å². The van der Waals surface area contributed by atoms with Crippen molar-refractivity contribution in [1.29, 1.82) is 0 Å². The van der Waals surface area contributed by atoms with Crippen LogP contribution in [-0.2, 0) is 4.79 Å². The summed E-state index contributed by atoms with van der Waals surface area (Å²) in [5.74, 6) is -0.383. The Balaban J connectivity index is 2.74. The van der Waals surface area contributed by atoms with Crippen molar-refractivity contribution in [2.45, 2.75) is 59.4 Å². The van der Waals surface area contributed by atoms with Gasteiger partial charge in [-0.25, -0.2) is 0 Å². The van der Waals surface area contributed by atoms with E-state index in [2.05, 4.69) is 30.8 Å². The van der Waals surface area contributed by atoms with E-state index in [1.54, 1.807) is 6.07 Å². The van der Waals surface area contributed by atoms with Crippen LogP contribution in [0.4, 0.5) is 13.2 Å². The number of halogens is 3. The summed E-state index contributed by atoms with van der Waals surface area (Å²) in [4.78, 5) is 12.0. The third-order valence-corrected chi connectivity index (χ3v) is 3.34. The van der Waals surface area contributed by atoms with Crippen LogP contribution in [0.25, 0.3) is 0 Å². The van der Waals surface area contributed by atoms with Gasteiger partial charge in [-0.2, -0.15) is 0 Å². The molecule has 6 heteroatoms. The molecule has 0 fully saturated rings. The number of carbonyl (C=O) groups is 1. The minimum atomic E-state index is -4.73. The lowest BCUT2D eigenvalue weighted by Crippen LogP contribution is -2.29. The molecule has 1 N–H and O–H groups in total. The van der Waals surface area contributed by atoms with Gasteiger partial charge in [0.25, 0.3) is 0 Å². The maximum atomic E-state index is 12.3. The van der Waals surface area contributed by atoms with Gasteiger partial charge < -0.3 is 10.1 Å². The Labute approximate surface area is 135 Å². The van der Waals surface area contributed by atoms with Crippen LogP contribution in [-0.4, -0.2) is 12.3 Å². The second kappa shape index (κ2) is 7.70. The summed E-state index contributed by atoms with van der Waals surface area (Å²) in [6.07, 6.45) is -3.02. The SMILES string of the molecule is CCC(NC(=O)CCC(C)(C)C)c1cccc(OC(F)(F)F)c1. The molecule has 0 aliphatic carbocycles. The Hall–Kier alpha value is -1.72. The maximum Gasteiger partial charge on any atom is 0.573 e. The number of hydrogen-bond donors (Lipinski definition) is 1. The average molecular weight is 331 g/mol. The van der Waals surface area contributed by atoms with E-state index in [4.69, 9.17) is 0 Å². The molecule has 0 aromatic heterocycles. The van der Waals surface area contributed by atoms with Gasteiger partial charge in [0, 0.05) is 6.42 Å². The lowest BCUT2D eigenvalue weighted by Gasteiger charge is -2.21. The highest BCUT2D eigenvalue weighted by molar-refractivity contribution is 5.76. The van der Waals surface area contributed by atoms with Crippen LogP contribution in [0, 0.1) is 5.41 Å². The van der Waals surface area contributed by atoms with Gasteiger partial charge in [0.2, 0.25) is 5.91 Å². The minimum Gasteiger partial charge on any atom is -0.406 e. The van der Waals surface area contributed by atoms with Crippen molar-refractivity contribution in [3.05, 3.63) is 29.8 Å². The van der Waals surface area contributed by atoms with Crippen LogP contribution in [0.2, 0.25) is 0 Å². The number of amides is 1. The number of nitrogens with one attached hydrogen (secondary N) is 1. The van der Waals surface area contributed by atoms with E-state index in [1.807, 2.05) is 6.92 Å². The fourth-order valence-corrected chi connectivity index (χ4v) is 2.10. The van der Waals surface area contributed by atoms with Gasteiger partial charge in [0.05, 0.1) is 6.04 Å². The number of rotatable bonds is 6. The monoisotopic (exact) mass is 331 g/mol. The number of alkyl halides is 3. The Morgan fingerprint density at radius 1 is 1.26 bits per heavy atom. The fraction of sp³-hybridized carbons (Fsp3) is 0.588. The summed E-state index contributed by atoms with van der Waals surface area (Å²) < 4.78 is 40.8. The number of ether oxygens (including phenoxy) is 1. The first kappa shape index (κ1) is 19.3. The quantitative estimate of drug-likeness (QED) is 0.798. The zero-order valence-corrected chi connectivity index (χ0v) is 14.0. The van der Waals surface area contributed by atoms with E-state index >= 15 is 0 Å². The molecule has 1 atom stereocenters. The topological polar surface area (TPSA) is 38.3 Å². The van der Waals surface area contributed by atoms with Gasteiger partial charge in [0.1, 0.15) is 5.75 Å². The first-order chi connectivity index (χ1) is 10.5. The summed E-state index contributed by atoms with van der Waals surface area (Å²) in [6, 6.07) is 5.39. The molecule has 1 aromatic carbocycles. The summed E-state index contributed by atoms with van der Waals surface area (Å²) >= 11 is 0. The van der Waals surface area contributed by atoms with Crippen molar-refractivity contribution in [3.63, 3.8) is 0 Å². The molecule has 130 valence electrons. The standard InChI is InChI=1S/C17H24F3NO2/c1-5-14(21-15(22)9-10-16(2,3)4)12-7-6-8-13(11-12)23-17(18,19)20/h6-8,11,14H,5,9-10H2,1-4H3,(H,21,22). The largest absolute Gasteiger partial charge is 0.573 e. The zero-order valence-electron chi connectivity index (χ0n) is 14.0. The molecule has 0 aliphatic heterocycles. The first-order valence-corrected chi connectivity index (χ1v) is 7.65. The normalized spacial score (nSPS) is 13.5. The lowest BCUT2D eigenvalue weighted by molar-refractivity contribution is -0.274. The summed E-state index contributed by atoms with van der Waals surface area (Å²) in [5, 5.41) is 2.87. The second-order valence-electron chi connectivity index (χ2n) is 6.71. The van der Waals surface area contributed by atoms with E-state index in [0.717, 1.165) is 6.42 Å². The molecule has 0 heterocycles. The predicted octanol–water partition coefficient (Wildman–Crippen LogP) is 4.98. The first-order valence-electron chi connectivity index (χ1n) is 7.65. The zero-order chi connectivity index (χ0) is 17.7. The molecule has 1 aromatic rings. The molecular weight excluding hydrogens is 307 g/mol. The van der Waals surface area contributed by atoms with Crippen molar-refractivity contribution in [3.8, 4) is 5.75 Å². The molecule has 23 heavy (non-hydrogen) atoms. The molecular formula is C17H24F3NO2. The average Bonchev–Trinajstić information content (AvgIpc) is 2.40. The number of benzene rings is 1. The summed E-state index contributed by atoms with van der Waals surface area (Å²) in [5.41, 5.74) is 0.651. The highest BCUT2D eigenvalue weighted by Gasteiger charge is 2.31. The highest BCUT2D eigenvalue weighted by Crippen LogP contribution is 2.27. The van der Waals surface area contributed by atoms with Crippen molar-refractivity contribution >= 4 is 5.91 Å². The van der Waals surface area contributed by atoms with E-state index in [0.29, 0.717) is 18.4 Å². The molecule has 0 aliphatic rings. The fourth-order valence-electron chi connectivity index (χ4n) is 2.10. The molecule has 0 spiro atoms. The van der Waals surface area contributed by atoms with Crippen molar-refractivity contribution in [1.82, 2.24) is 5.32 Å². The molecule has 0 saturated carbocycles. The van der Waals surface area contributed by atoms with Gasteiger partial charge in [-0.3, -0.25) is 4.79 Å². The van der Waals surface area contributed by atoms with E-state index in [-0.39, 0.29) is 23.1 Å². The van der Waals surface area contributed by atoms with Gasteiger partial charge in [0.15, 0.2) is 0 Å². The van der Waals surface area contributed by atoms with Gasteiger partial charge in [-0.1, -0.05) is 39.8 Å². The number of hydrogen-bond acceptors (Lipinski definition) is 2. The molecule has 0 radical (unpaired) electrons. The molecule has 1 amide bonds. The summed E-state index contributed by atoms with van der Waals surface area (Å²) in [6.45, 7) is 8.02. The van der Waals surface area contributed by atoms with Gasteiger partial charge >= 0.3 is 6.36 Å². The van der Waals surface area contributed by atoms with Crippen LogP contribution in [0.3, 0.4) is 0 Å². The van der Waals surface area contributed by atoms with Crippen LogP contribution in [0.5, 0.6) is 5.75 Å². The van der Waals surface area contributed by atoms with Crippen LogP contribution in [0.15, 0.2) is 24.3 Å². The molecule has 3 nitrogen and oxygen atoms in total. The van der Waals surface area contributed by atoms with Crippen molar-refractivity contribution in [2.24, 2.45) is 5.41 Å². The maximum absolute atomic E-state index is 12.3. The lowest BCUT2D eigenvalue weighted by atomic mass is 9.90. The molecule has 0 bridgehead atoms. The van der Waals surface area contributed by atoms with E-state index < -0.39 is 6.36 Å². The van der Waals surface area contributed by atoms with Gasteiger partial charge in [-0.15, -0.1) is 13.2 Å².